The van der Waals surface area contributed by atoms with Crippen LogP contribution >= 0.6 is 0 Å². The van der Waals surface area contributed by atoms with E-state index in [1.54, 1.807) is 12.1 Å². The van der Waals surface area contributed by atoms with E-state index in [2.05, 4.69) is 20.3 Å². The maximum Gasteiger partial charge on any atom is 0.285 e. The molecule has 0 aliphatic heterocycles. The summed E-state index contributed by atoms with van der Waals surface area (Å²) in [6, 6.07) is 4.80. The predicted molar refractivity (Wildman–Crippen MR) is 75.8 cm³/mol. The van der Waals surface area contributed by atoms with E-state index in [-0.39, 0.29) is 11.3 Å². The van der Waals surface area contributed by atoms with Crippen LogP contribution in [0.3, 0.4) is 0 Å². The Hall–Kier alpha value is -3.16. The number of fused-ring (bicyclic) bond motifs is 1. The minimum Gasteiger partial charge on any atom is -0.504 e. The second kappa shape index (κ2) is 5.08. The number of phenolic OH excluding ortho intramolecular Hbond substituents is 1. The van der Waals surface area contributed by atoms with E-state index >= 15 is 0 Å². The SMILES string of the molecule is COc1ccc(/C=N/n2cnc3[nH]ncc3c2=O)cc1O. The molecule has 2 N–H and O–H groups in total. The molecule has 0 bridgehead atoms. The molecule has 0 aliphatic carbocycles. The second-order valence-electron chi connectivity index (χ2n) is 4.20. The zero-order valence-electron chi connectivity index (χ0n) is 11.0. The highest BCUT2D eigenvalue weighted by Gasteiger charge is 2.04. The Morgan fingerprint density at radius 1 is 1.48 bits per heavy atom. The summed E-state index contributed by atoms with van der Waals surface area (Å²) in [6.45, 7) is 0. The first-order valence-electron chi connectivity index (χ1n) is 6.01. The van der Waals surface area contributed by atoms with Crippen LogP contribution in [0.5, 0.6) is 11.5 Å². The molecule has 2 aromatic heterocycles. The van der Waals surface area contributed by atoms with Crippen molar-refractivity contribution in [2.24, 2.45) is 5.10 Å². The van der Waals surface area contributed by atoms with Gasteiger partial charge in [-0.3, -0.25) is 9.89 Å². The van der Waals surface area contributed by atoms with Crippen LogP contribution < -0.4 is 10.3 Å². The van der Waals surface area contributed by atoms with Crippen LogP contribution in [0.2, 0.25) is 0 Å². The molecule has 0 unspecified atom stereocenters. The quantitative estimate of drug-likeness (QED) is 0.690. The first kappa shape index (κ1) is 12.9. The van der Waals surface area contributed by atoms with Crippen molar-refractivity contribution in [3.05, 3.63) is 46.6 Å². The normalized spacial score (nSPS) is 11.3. The van der Waals surface area contributed by atoms with E-state index < -0.39 is 0 Å². The summed E-state index contributed by atoms with van der Waals surface area (Å²) in [5, 5.41) is 20.4. The number of phenols is 1. The van der Waals surface area contributed by atoms with Crippen molar-refractivity contribution in [1.82, 2.24) is 19.9 Å². The molecule has 0 amide bonds. The molecule has 0 aliphatic rings. The summed E-state index contributed by atoms with van der Waals surface area (Å²) in [5.41, 5.74) is 0.698. The summed E-state index contributed by atoms with van der Waals surface area (Å²) in [4.78, 5) is 16.1. The van der Waals surface area contributed by atoms with Crippen molar-refractivity contribution in [2.45, 2.75) is 0 Å². The number of ether oxygens (including phenoxy) is 1. The third-order valence-electron chi connectivity index (χ3n) is 2.89. The van der Waals surface area contributed by atoms with E-state index in [4.69, 9.17) is 4.74 Å². The molecule has 0 atom stereocenters. The van der Waals surface area contributed by atoms with Crippen molar-refractivity contribution in [2.75, 3.05) is 7.11 Å². The van der Waals surface area contributed by atoms with Gasteiger partial charge in [-0.2, -0.15) is 14.9 Å². The monoisotopic (exact) mass is 285 g/mol. The van der Waals surface area contributed by atoms with Gasteiger partial charge in [-0.1, -0.05) is 0 Å². The molecule has 0 radical (unpaired) electrons. The smallest absolute Gasteiger partial charge is 0.285 e. The third kappa shape index (κ3) is 2.34. The minimum atomic E-state index is -0.331. The number of aromatic hydroxyl groups is 1. The maximum atomic E-state index is 12.1. The molecule has 0 saturated carbocycles. The van der Waals surface area contributed by atoms with E-state index in [0.717, 1.165) is 4.68 Å². The molecule has 2 heterocycles. The minimum absolute atomic E-state index is 0.00258. The van der Waals surface area contributed by atoms with Gasteiger partial charge in [0.05, 0.1) is 19.5 Å². The number of aromatic amines is 1. The Morgan fingerprint density at radius 2 is 2.33 bits per heavy atom. The summed E-state index contributed by atoms with van der Waals surface area (Å²) < 4.78 is 6.05. The molecule has 0 fully saturated rings. The Labute approximate surface area is 118 Å². The fraction of sp³-hybridized carbons (Fsp3) is 0.0769. The van der Waals surface area contributed by atoms with Crippen LogP contribution in [0.1, 0.15) is 5.56 Å². The lowest BCUT2D eigenvalue weighted by Crippen LogP contribution is -2.16. The molecule has 0 spiro atoms. The average molecular weight is 285 g/mol. The molecule has 21 heavy (non-hydrogen) atoms. The first-order chi connectivity index (χ1) is 10.2. The number of benzene rings is 1. The lowest BCUT2D eigenvalue weighted by Gasteiger charge is -2.03. The van der Waals surface area contributed by atoms with Crippen molar-refractivity contribution in [1.29, 1.82) is 0 Å². The molecular weight excluding hydrogens is 274 g/mol. The molecule has 106 valence electrons. The van der Waals surface area contributed by atoms with Crippen molar-refractivity contribution in [3.63, 3.8) is 0 Å². The highest BCUT2D eigenvalue weighted by atomic mass is 16.5. The van der Waals surface area contributed by atoms with Crippen molar-refractivity contribution < 1.29 is 9.84 Å². The van der Waals surface area contributed by atoms with Gasteiger partial charge in [-0.05, 0) is 23.8 Å². The molecule has 8 heteroatoms. The van der Waals surface area contributed by atoms with E-state index in [1.165, 1.54) is 31.9 Å². The van der Waals surface area contributed by atoms with Crippen LogP contribution in [0.15, 0.2) is 40.6 Å². The van der Waals surface area contributed by atoms with Crippen molar-refractivity contribution >= 4 is 17.2 Å². The Kier molecular flexibility index (Phi) is 3.11. The molecule has 0 saturated heterocycles. The lowest BCUT2D eigenvalue weighted by molar-refractivity contribution is 0.373. The Morgan fingerprint density at radius 3 is 3.10 bits per heavy atom. The van der Waals surface area contributed by atoms with Crippen LogP contribution in [-0.4, -0.2) is 38.3 Å². The van der Waals surface area contributed by atoms with Gasteiger partial charge in [0, 0.05) is 0 Å². The van der Waals surface area contributed by atoms with Gasteiger partial charge in [0.15, 0.2) is 17.1 Å². The lowest BCUT2D eigenvalue weighted by atomic mass is 10.2. The van der Waals surface area contributed by atoms with E-state index in [1.807, 2.05) is 0 Å². The first-order valence-corrected chi connectivity index (χ1v) is 6.01. The van der Waals surface area contributed by atoms with Crippen LogP contribution in [0, 0.1) is 0 Å². The Balaban J connectivity index is 1.96. The van der Waals surface area contributed by atoms with Gasteiger partial charge in [0.25, 0.3) is 5.56 Å². The number of hydrogen-bond acceptors (Lipinski definition) is 6. The van der Waals surface area contributed by atoms with Gasteiger partial charge in [0.2, 0.25) is 0 Å². The second-order valence-corrected chi connectivity index (χ2v) is 4.20. The van der Waals surface area contributed by atoms with Crippen molar-refractivity contribution in [3.8, 4) is 11.5 Å². The van der Waals surface area contributed by atoms with Crippen LogP contribution in [0.25, 0.3) is 11.0 Å². The number of rotatable bonds is 3. The van der Waals surface area contributed by atoms with Crippen LogP contribution in [0.4, 0.5) is 0 Å². The standard InChI is InChI=1S/C13H11N5O3/c1-21-11-3-2-8(4-10(11)19)5-16-18-7-14-12-9(13(18)20)6-15-17-12/h2-7,19H,1H3,(H,15,17)/b16-5+. The van der Waals surface area contributed by atoms with Crippen LogP contribution in [-0.2, 0) is 0 Å². The number of methoxy groups -OCH3 is 1. The highest BCUT2D eigenvalue weighted by molar-refractivity contribution is 5.81. The topological polar surface area (TPSA) is 105 Å². The summed E-state index contributed by atoms with van der Waals surface area (Å²) in [5.74, 6) is 0.364. The molecular formula is C13H11N5O3. The average Bonchev–Trinajstić information content (AvgIpc) is 2.96. The third-order valence-corrected chi connectivity index (χ3v) is 2.89. The number of aromatic nitrogens is 4. The Bertz CT molecular complexity index is 881. The van der Waals surface area contributed by atoms with Gasteiger partial charge in [0.1, 0.15) is 11.7 Å². The fourth-order valence-electron chi connectivity index (χ4n) is 1.82. The zero-order chi connectivity index (χ0) is 14.8. The molecule has 1 aromatic carbocycles. The van der Waals surface area contributed by atoms with E-state index in [9.17, 15) is 9.90 Å². The largest absolute Gasteiger partial charge is 0.504 e. The molecule has 3 aromatic rings. The number of nitrogens with one attached hydrogen (secondary N) is 1. The zero-order valence-corrected chi connectivity index (χ0v) is 11.0. The van der Waals surface area contributed by atoms with Gasteiger partial charge >= 0.3 is 0 Å². The summed E-state index contributed by atoms with van der Waals surface area (Å²) in [6.07, 6.45) is 4.13. The number of H-pyrrole nitrogens is 1. The molecule has 8 nitrogen and oxygen atoms in total. The number of nitrogens with zero attached hydrogens (tertiary/aromatic N) is 4. The fourth-order valence-corrected chi connectivity index (χ4v) is 1.82. The van der Waals surface area contributed by atoms with Gasteiger partial charge in [-0.15, -0.1) is 0 Å². The van der Waals surface area contributed by atoms with Gasteiger partial charge < -0.3 is 9.84 Å². The highest BCUT2D eigenvalue weighted by Crippen LogP contribution is 2.25. The van der Waals surface area contributed by atoms with E-state index in [0.29, 0.717) is 22.3 Å². The predicted octanol–water partition coefficient (Wildman–Crippen LogP) is 0.716. The number of hydrogen-bond donors (Lipinski definition) is 2. The molecule has 3 rings (SSSR count). The van der Waals surface area contributed by atoms with Gasteiger partial charge in [-0.25, -0.2) is 4.98 Å². The summed E-state index contributed by atoms with van der Waals surface area (Å²) >= 11 is 0. The maximum absolute atomic E-state index is 12.1. The summed E-state index contributed by atoms with van der Waals surface area (Å²) in [7, 11) is 1.47.